The van der Waals surface area contributed by atoms with E-state index in [1.165, 1.54) is 32.1 Å². The first-order valence-corrected chi connectivity index (χ1v) is 11.2. The SMILES string of the molecule is C[C@]12CCC(CCCCN)C[C@@H]1C(=O)C[C@@H]1[C@@H]2CC[C@]2(C)C(=O)CC[C@@H]12. The summed E-state index contributed by atoms with van der Waals surface area (Å²) >= 11 is 0. The minimum atomic E-state index is -0.121. The van der Waals surface area contributed by atoms with Crippen molar-refractivity contribution in [2.75, 3.05) is 6.54 Å². The molecule has 4 fully saturated rings. The van der Waals surface area contributed by atoms with E-state index in [-0.39, 0.29) is 16.7 Å². The fourth-order valence-electron chi connectivity index (χ4n) is 7.73. The monoisotopic (exact) mass is 359 g/mol. The maximum absolute atomic E-state index is 13.2. The number of carbonyl (C=O) groups excluding carboxylic acids is 2. The molecule has 4 aliphatic rings. The van der Waals surface area contributed by atoms with E-state index in [0.717, 1.165) is 51.0 Å². The molecule has 0 saturated heterocycles. The van der Waals surface area contributed by atoms with Gasteiger partial charge in [-0.15, -0.1) is 0 Å². The molecule has 7 atom stereocenters. The highest BCUT2D eigenvalue weighted by Crippen LogP contribution is 2.65. The predicted molar refractivity (Wildman–Crippen MR) is 104 cm³/mol. The normalized spacial score (nSPS) is 48.0. The lowest BCUT2D eigenvalue weighted by atomic mass is 9.44. The zero-order chi connectivity index (χ0) is 18.5. The predicted octanol–water partition coefficient (Wildman–Crippen LogP) is 4.52. The fraction of sp³-hybridized carbons (Fsp3) is 0.913. The molecule has 3 nitrogen and oxygen atoms in total. The van der Waals surface area contributed by atoms with Crippen LogP contribution in [0.4, 0.5) is 0 Å². The molecule has 0 amide bonds. The van der Waals surface area contributed by atoms with Gasteiger partial charge >= 0.3 is 0 Å². The molecule has 2 N–H and O–H groups in total. The van der Waals surface area contributed by atoms with E-state index in [1.54, 1.807) is 0 Å². The van der Waals surface area contributed by atoms with Crippen molar-refractivity contribution in [2.24, 2.45) is 46.2 Å². The largest absolute Gasteiger partial charge is 0.330 e. The molecule has 4 rings (SSSR count). The first-order valence-electron chi connectivity index (χ1n) is 11.2. The van der Waals surface area contributed by atoms with Crippen LogP contribution in [-0.4, -0.2) is 18.1 Å². The van der Waals surface area contributed by atoms with E-state index in [0.29, 0.717) is 29.3 Å². The van der Waals surface area contributed by atoms with Gasteiger partial charge in [-0.3, -0.25) is 9.59 Å². The summed E-state index contributed by atoms with van der Waals surface area (Å²) in [5.41, 5.74) is 5.72. The van der Waals surface area contributed by atoms with Crippen molar-refractivity contribution < 1.29 is 9.59 Å². The number of ketones is 2. The van der Waals surface area contributed by atoms with Crippen LogP contribution in [0.3, 0.4) is 0 Å². The Morgan fingerprint density at radius 2 is 1.85 bits per heavy atom. The van der Waals surface area contributed by atoms with Crippen molar-refractivity contribution in [1.29, 1.82) is 0 Å². The summed E-state index contributed by atoms with van der Waals surface area (Å²) in [4.78, 5) is 25.8. The van der Waals surface area contributed by atoms with Gasteiger partial charge in [0, 0.05) is 24.2 Å². The molecular formula is C23H37NO2. The van der Waals surface area contributed by atoms with E-state index in [9.17, 15) is 9.59 Å². The summed E-state index contributed by atoms with van der Waals surface area (Å²) in [7, 11) is 0. The Bertz CT molecular complexity index is 587. The van der Waals surface area contributed by atoms with Crippen LogP contribution in [0.2, 0.25) is 0 Å². The van der Waals surface area contributed by atoms with E-state index in [1.807, 2.05) is 0 Å². The number of rotatable bonds is 4. The van der Waals surface area contributed by atoms with Crippen molar-refractivity contribution in [3.8, 4) is 0 Å². The van der Waals surface area contributed by atoms with Crippen LogP contribution in [0.15, 0.2) is 0 Å². The number of hydrogen-bond donors (Lipinski definition) is 1. The van der Waals surface area contributed by atoms with Gasteiger partial charge in [-0.05, 0) is 80.6 Å². The molecule has 0 radical (unpaired) electrons. The molecular weight excluding hydrogens is 322 g/mol. The number of fused-ring (bicyclic) bond motifs is 5. The Kier molecular flexibility index (Phi) is 4.82. The summed E-state index contributed by atoms with van der Waals surface area (Å²) in [6, 6.07) is 0. The van der Waals surface area contributed by atoms with Crippen LogP contribution in [0, 0.1) is 40.4 Å². The zero-order valence-electron chi connectivity index (χ0n) is 16.8. The van der Waals surface area contributed by atoms with E-state index >= 15 is 0 Å². The van der Waals surface area contributed by atoms with Gasteiger partial charge in [0.15, 0.2) is 0 Å². The third kappa shape index (κ3) is 2.72. The average molecular weight is 360 g/mol. The minimum absolute atomic E-state index is 0.121. The summed E-state index contributed by atoms with van der Waals surface area (Å²) in [6.07, 6.45) is 12.0. The summed E-state index contributed by atoms with van der Waals surface area (Å²) in [5, 5.41) is 0. The molecule has 3 heteroatoms. The molecule has 26 heavy (non-hydrogen) atoms. The molecule has 0 aromatic heterocycles. The third-order valence-electron chi connectivity index (χ3n) is 9.34. The highest BCUT2D eigenvalue weighted by molar-refractivity contribution is 5.88. The Morgan fingerprint density at radius 3 is 2.62 bits per heavy atom. The quantitative estimate of drug-likeness (QED) is 0.751. The van der Waals surface area contributed by atoms with E-state index in [4.69, 9.17) is 5.73 Å². The Morgan fingerprint density at radius 1 is 1.04 bits per heavy atom. The van der Waals surface area contributed by atoms with Crippen molar-refractivity contribution in [3.05, 3.63) is 0 Å². The van der Waals surface area contributed by atoms with E-state index in [2.05, 4.69) is 13.8 Å². The maximum atomic E-state index is 13.2. The van der Waals surface area contributed by atoms with Gasteiger partial charge in [0.05, 0.1) is 0 Å². The molecule has 0 heterocycles. The van der Waals surface area contributed by atoms with Crippen LogP contribution < -0.4 is 5.73 Å². The lowest BCUT2D eigenvalue weighted by molar-refractivity contribution is -0.158. The molecule has 0 aromatic rings. The van der Waals surface area contributed by atoms with Gasteiger partial charge in [-0.1, -0.05) is 26.7 Å². The zero-order valence-corrected chi connectivity index (χ0v) is 16.8. The second-order valence-electron chi connectivity index (χ2n) is 10.4. The number of Topliss-reactive ketones (excluding diaryl/α,β-unsaturated/α-hetero) is 2. The fourth-order valence-corrected chi connectivity index (χ4v) is 7.73. The molecule has 4 aliphatic carbocycles. The smallest absolute Gasteiger partial charge is 0.139 e. The van der Waals surface area contributed by atoms with Crippen molar-refractivity contribution in [1.82, 2.24) is 0 Å². The van der Waals surface area contributed by atoms with E-state index < -0.39 is 0 Å². The first-order chi connectivity index (χ1) is 12.4. The Hall–Kier alpha value is -0.700. The van der Waals surface area contributed by atoms with Crippen LogP contribution >= 0.6 is 0 Å². The highest BCUT2D eigenvalue weighted by atomic mass is 16.1. The average Bonchev–Trinajstić information content (AvgIpc) is 2.92. The third-order valence-corrected chi connectivity index (χ3v) is 9.34. The van der Waals surface area contributed by atoms with Crippen LogP contribution in [0.5, 0.6) is 0 Å². The Labute approximate surface area is 158 Å². The van der Waals surface area contributed by atoms with Crippen LogP contribution in [-0.2, 0) is 9.59 Å². The molecule has 146 valence electrons. The van der Waals surface area contributed by atoms with Gasteiger partial charge in [0.25, 0.3) is 0 Å². The lowest BCUT2D eigenvalue weighted by Gasteiger charge is -2.59. The standard InChI is InChI=1S/C23H37NO2/c1-22-10-8-15(5-3-4-12-24)13-19(22)20(25)14-16-17-6-7-21(26)23(17,2)11-9-18(16)22/h15-19H,3-14,24H2,1-2H3/t15?,16-,17-,18-,19+,22+,23-/m0/s1. The molecule has 0 aliphatic heterocycles. The number of hydrogen-bond acceptors (Lipinski definition) is 3. The molecule has 0 spiro atoms. The topological polar surface area (TPSA) is 60.2 Å². The van der Waals surface area contributed by atoms with Crippen LogP contribution in [0.1, 0.15) is 84.5 Å². The molecule has 4 saturated carbocycles. The first kappa shape index (κ1) is 18.7. The van der Waals surface area contributed by atoms with Gasteiger partial charge in [0.2, 0.25) is 0 Å². The van der Waals surface area contributed by atoms with Crippen LogP contribution in [0.25, 0.3) is 0 Å². The van der Waals surface area contributed by atoms with Gasteiger partial charge in [0.1, 0.15) is 11.6 Å². The lowest BCUT2D eigenvalue weighted by Crippen LogP contribution is -2.56. The molecule has 1 unspecified atom stereocenters. The second-order valence-corrected chi connectivity index (χ2v) is 10.4. The van der Waals surface area contributed by atoms with Crippen molar-refractivity contribution >= 4 is 11.6 Å². The summed E-state index contributed by atoms with van der Waals surface area (Å²) in [5.74, 6) is 3.62. The highest BCUT2D eigenvalue weighted by Gasteiger charge is 2.62. The Balaban J connectivity index is 1.52. The minimum Gasteiger partial charge on any atom is -0.330 e. The number of nitrogens with two attached hydrogens (primary N) is 1. The summed E-state index contributed by atoms with van der Waals surface area (Å²) in [6.45, 7) is 5.42. The molecule has 0 aromatic carbocycles. The van der Waals surface area contributed by atoms with Gasteiger partial charge in [-0.25, -0.2) is 0 Å². The van der Waals surface area contributed by atoms with Crippen molar-refractivity contribution in [2.45, 2.75) is 84.5 Å². The van der Waals surface area contributed by atoms with Gasteiger partial charge < -0.3 is 5.73 Å². The maximum Gasteiger partial charge on any atom is 0.139 e. The van der Waals surface area contributed by atoms with Gasteiger partial charge in [-0.2, -0.15) is 0 Å². The number of carbonyl (C=O) groups is 2. The second kappa shape index (κ2) is 6.72. The summed E-state index contributed by atoms with van der Waals surface area (Å²) < 4.78 is 0. The number of unbranched alkanes of at least 4 members (excludes halogenated alkanes) is 1. The van der Waals surface area contributed by atoms with Crippen molar-refractivity contribution in [3.63, 3.8) is 0 Å². The molecule has 0 bridgehead atoms.